The number of para-hydroxylation sites is 2. The highest BCUT2D eigenvalue weighted by molar-refractivity contribution is 5.58. The SMILES string of the molecule is COc1ccccc1N1CCN([C@@H]2Cc3c(O)cccc3C[C@H]2O)CC1. The van der Waals surface area contributed by atoms with Crippen LogP contribution in [0.1, 0.15) is 11.1 Å². The van der Waals surface area contributed by atoms with Crippen LogP contribution in [0.5, 0.6) is 11.5 Å². The number of fused-ring (bicyclic) bond motifs is 1. The van der Waals surface area contributed by atoms with E-state index in [0.29, 0.717) is 18.6 Å². The molecule has 2 aromatic rings. The first-order valence-corrected chi connectivity index (χ1v) is 9.27. The van der Waals surface area contributed by atoms with E-state index in [9.17, 15) is 10.2 Å². The maximum absolute atomic E-state index is 10.7. The quantitative estimate of drug-likeness (QED) is 0.884. The maximum Gasteiger partial charge on any atom is 0.142 e. The number of benzene rings is 2. The fourth-order valence-electron chi connectivity index (χ4n) is 4.31. The second kappa shape index (κ2) is 7.17. The molecule has 0 bridgehead atoms. The van der Waals surface area contributed by atoms with Crippen LogP contribution >= 0.6 is 0 Å². The Balaban J connectivity index is 1.46. The van der Waals surface area contributed by atoms with E-state index in [1.165, 1.54) is 0 Å². The third-order valence-corrected chi connectivity index (χ3v) is 5.74. The third-order valence-electron chi connectivity index (χ3n) is 5.74. The van der Waals surface area contributed by atoms with Crippen LogP contribution in [0.3, 0.4) is 0 Å². The molecule has 1 aliphatic heterocycles. The van der Waals surface area contributed by atoms with E-state index in [4.69, 9.17) is 4.74 Å². The van der Waals surface area contributed by atoms with Gasteiger partial charge in [-0.1, -0.05) is 24.3 Å². The minimum absolute atomic E-state index is 0.0654. The Labute approximate surface area is 154 Å². The van der Waals surface area contributed by atoms with Crippen molar-refractivity contribution < 1.29 is 14.9 Å². The van der Waals surface area contributed by atoms with Gasteiger partial charge >= 0.3 is 0 Å². The van der Waals surface area contributed by atoms with Crippen LogP contribution in [0.2, 0.25) is 0 Å². The number of aliphatic hydroxyl groups is 1. The molecule has 2 N–H and O–H groups in total. The molecule has 0 radical (unpaired) electrons. The van der Waals surface area contributed by atoms with E-state index >= 15 is 0 Å². The van der Waals surface area contributed by atoms with Crippen LogP contribution in [-0.2, 0) is 12.8 Å². The molecule has 0 unspecified atom stereocenters. The summed E-state index contributed by atoms with van der Waals surface area (Å²) in [6, 6.07) is 13.8. The number of aromatic hydroxyl groups is 1. The topological polar surface area (TPSA) is 56.2 Å². The molecular weight excluding hydrogens is 328 g/mol. The molecule has 0 saturated carbocycles. The van der Waals surface area contributed by atoms with Crippen LogP contribution in [0.15, 0.2) is 42.5 Å². The van der Waals surface area contributed by atoms with Crippen molar-refractivity contribution in [1.29, 1.82) is 0 Å². The van der Waals surface area contributed by atoms with Crippen LogP contribution in [0, 0.1) is 0 Å². The molecule has 4 rings (SSSR count). The lowest BCUT2D eigenvalue weighted by Crippen LogP contribution is -2.56. The van der Waals surface area contributed by atoms with Crippen molar-refractivity contribution in [2.75, 3.05) is 38.2 Å². The summed E-state index contributed by atoms with van der Waals surface area (Å²) >= 11 is 0. The largest absolute Gasteiger partial charge is 0.508 e. The smallest absolute Gasteiger partial charge is 0.142 e. The molecular formula is C21H26N2O3. The highest BCUT2D eigenvalue weighted by atomic mass is 16.5. The zero-order valence-corrected chi connectivity index (χ0v) is 15.1. The fourth-order valence-corrected chi connectivity index (χ4v) is 4.31. The molecule has 5 nitrogen and oxygen atoms in total. The Kier molecular flexibility index (Phi) is 4.74. The zero-order valence-electron chi connectivity index (χ0n) is 15.1. The number of piperazine rings is 1. The molecule has 138 valence electrons. The summed E-state index contributed by atoms with van der Waals surface area (Å²) in [4.78, 5) is 4.71. The average Bonchev–Trinajstić information content (AvgIpc) is 2.68. The first-order chi connectivity index (χ1) is 12.7. The van der Waals surface area contributed by atoms with Gasteiger partial charge in [-0.2, -0.15) is 0 Å². The van der Waals surface area contributed by atoms with Gasteiger partial charge < -0.3 is 19.8 Å². The minimum Gasteiger partial charge on any atom is -0.508 e. The number of ether oxygens (including phenoxy) is 1. The number of phenols is 1. The monoisotopic (exact) mass is 354 g/mol. The van der Waals surface area contributed by atoms with Crippen molar-refractivity contribution in [1.82, 2.24) is 4.90 Å². The summed E-state index contributed by atoms with van der Waals surface area (Å²) in [6.45, 7) is 3.58. The molecule has 26 heavy (non-hydrogen) atoms. The summed E-state index contributed by atoms with van der Waals surface area (Å²) in [7, 11) is 1.71. The second-order valence-electron chi connectivity index (χ2n) is 7.15. The number of hydrogen-bond donors (Lipinski definition) is 2. The zero-order chi connectivity index (χ0) is 18.1. The predicted octanol–water partition coefficient (Wildman–Crippen LogP) is 2.05. The van der Waals surface area contributed by atoms with Crippen molar-refractivity contribution in [3.8, 4) is 11.5 Å². The molecule has 5 heteroatoms. The third kappa shape index (κ3) is 3.13. The summed E-state index contributed by atoms with van der Waals surface area (Å²) in [5.74, 6) is 1.25. The van der Waals surface area contributed by atoms with E-state index in [1.54, 1.807) is 13.2 Å². The lowest BCUT2D eigenvalue weighted by Gasteiger charge is -2.43. The minimum atomic E-state index is -0.387. The highest BCUT2D eigenvalue weighted by Crippen LogP contribution is 2.33. The number of phenolic OH excluding ortho intramolecular Hbond substituents is 1. The van der Waals surface area contributed by atoms with E-state index in [-0.39, 0.29) is 12.1 Å². The molecule has 0 amide bonds. The molecule has 2 aliphatic rings. The molecule has 0 aromatic heterocycles. The normalized spacial score (nSPS) is 23.5. The summed E-state index contributed by atoms with van der Waals surface area (Å²) < 4.78 is 5.49. The van der Waals surface area contributed by atoms with Gasteiger partial charge in [0, 0.05) is 38.6 Å². The summed E-state index contributed by atoms with van der Waals surface area (Å²) in [5.41, 5.74) is 3.19. The number of anilines is 1. The van der Waals surface area contributed by atoms with E-state index in [1.807, 2.05) is 30.3 Å². The predicted molar refractivity (Wildman–Crippen MR) is 102 cm³/mol. The van der Waals surface area contributed by atoms with Gasteiger partial charge in [0.25, 0.3) is 0 Å². The number of aliphatic hydroxyl groups excluding tert-OH is 1. The Morgan fingerprint density at radius 1 is 0.962 bits per heavy atom. The van der Waals surface area contributed by atoms with E-state index in [2.05, 4.69) is 15.9 Å². The van der Waals surface area contributed by atoms with Crippen LogP contribution in [-0.4, -0.2) is 60.5 Å². The molecule has 1 saturated heterocycles. The Morgan fingerprint density at radius 3 is 2.50 bits per heavy atom. The van der Waals surface area contributed by atoms with Crippen LogP contribution < -0.4 is 9.64 Å². The summed E-state index contributed by atoms with van der Waals surface area (Å²) in [5, 5.41) is 20.9. The Bertz CT molecular complexity index is 772. The van der Waals surface area contributed by atoms with Gasteiger partial charge in [0.05, 0.1) is 18.9 Å². The molecule has 2 aromatic carbocycles. The van der Waals surface area contributed by atoms with Crippen molar-refractivity contribution in [3.63, 3.8) is 0 Å². The van der Waals surface area contributed by atoms with Gasteiger partial charge in [-0.15, -0.1) is 0 Å². The lowest BCUT2D eigenvalue weighted by molar-refractivity contribution is 0.0390. The first kappa shape index (κ1) is 17.2. The fraction of sp³-hybridized carbons (Fsp3) is 0.429. The molecule has 1 fully saturated rings. The van der Waals surface area contributed by atoms with E-state index < -0.39 is 0 Å². The standard InChI is InChI=1S/C21H26N2O3/c1-26-21-8-3-2-6-17(21)22-9-11-23(12-10-22)18-14-16-15(13-20(18)25)5-4-7-19(16)24/h2-8,18,20,24-25H,9-14H2,1H3/t18-,20-/m1/s1. The Hall–Kier alpha value is -2.24. The maximum atomic E-state index is 10.7. The van der Waals surface area contributed by atoms with Crippen molar-refractivity contribution in [2.45, 2.75) is 25.0 Å². The number of methoxy groups -OCH3 is 1. The van der Waals surface area contributed by atoms with Crippen LogP contribution in [0.4, 0.5) is 5.69 Å². The lowest BCUT2D eigenvalue weighted by atomic mass is 9.84. The van der Waals surface area contributed by atoms with Gasteiger partial charge in [-0.3, -0.25) is 4.90 Å². The van der Waals surface area contributed by atoms with Gasteiger partial charge in [-0.25, -0.2) is 0 Å². The second-order valence-corrected chi connectivity index (χ2v) is 7.15. The number of hydrogen-bond acceptors (Lipinski definition) is 5. The van der Waals surface area contributed by atoms with Crippen LogP contribution in [0.25, 0.3) is 0 Å². The molecule has 1 heterocycles. The summed E-state index contributed by atoms with van der Waals surface area (Å²) in [6.07, 6.45) is 0.931. The average molecular weight is 354 g/mol. The highest BCUT2D eigenvalue weighted by Gasteiger charge is 2.34. The first-order valence-electron chi connectivity index (χ1n) is 9.27. The number of rotatable bonds is 3. The molecule has 1 aliphatic carbocycles. The molecule has 2 atom stereocenters. The number of nitrogens with zero attached hydrogens (tertiary/aromatic N) is 2. The van der Waals surface area contributed by atoms with Gasteiger partial charge in [0.1, 0.15) is 11.5 Å². The van der Waals surface area contributed by atoms with Crippen molar-refractivity contribution in [3.05, 3.63) is 53.6 Å². The van der Waals surface area contributed by atoms with E-state index in [0.717, 1.165) is 48.7 Å². The van der Waals surface area contributed by atoms with Gasteiger partial charge in [0.15, 0.2) is 0 Å². The van der Waals surface area contributed by atoms with Crippen molar-refractivity contribution in [2.24, 2.45) is 0 Å². The van der Waals surface area contributed by atoms with Crippen molar-refractivity contribution >= 4 is 5.69 Å². The van der Waals surface area contributed by atoms with Gasteiger partial charge in [0.2, 0.25) is 0 Å². The van der Waals surface area contributed by atoms with Gasteiger partial charge in [-0.05, 0) is 35.7 Å². The Morgan fingerprint density at radius 2 is 1.73 bits per heavy atom. The molecule has 0 spiro atoms.